The van der Waals surface area contributed by atoms with Crippen LogP contribution in [0.15, 0.2) is 10.5 Å². The van der Waals surface area contributed by atoms with Crippen molar-refractivity contribution in [3.8, 4) is 0 Å². The van der Waals surface area contributed by atoms with Gasteiger partial charge in [0.15, 0.2) is 6.61 Å². The first-order valence-electron chi connectivity index (χ1n) is 4.78. The van der Waals surface area contributed by atoms with E-state index < -0.39 is 25.0 Å². The molecule has 0 radical (unpaired) electrons. The molecule has 0 aromatic heterocycles. The maximum absolute atomic E-state index is 10.8. The van der Waals surface area contributed by atoms with Gasteiger partial charge in [-0.25, -0.2) is 9.59 Å². The highest BCUT2D eigenvalue weighted by atomic mass is 16.8. The second-order valence-electron chi connectivity index (χ2n) is 2.87. The van der Waals surface area contributed by atoms with Crippen LogP contribution in [0.1, 0.15) is 13.8 Å². The Labute approximate surface area is 97.9 Å². The second-order valence-corrected chi connectivity index (χ2v) is 2.87. The maximum Gasteiger partial charge on any atom is 0.512 e. The number of carboxylic acid groups (broad SMARTS) is 1. The van der Waals surface area contributed by atoms with E-state index in [-0.39, 0.29) is 0 Å². The smallest absolute Gasteiger partial charge is 0.479 e. The Kier molecular flexibility index (Phi) is 7.15. The Morgan fingerprint density at radius 1 is 1.47 bits per heavy atom. The fourth-order valence-electron chi connectivity index (χ4n) is 0.525. The van der Waals surface area contributed by atoms with Gasteiger partial charge in [0.1, 0.15) is 0 Å². The van der Waals surface area contributed by atoms with Gasteiger partial charge < -0.3 is 19.4 Å². The summed E-state index contributed by atoms with van der Waals surface area (Å²) in [5.41, 5.74) is 0. The molecule has 0 amide bonds. The molecule has 17 heavy (non-hydrogen) atoms. The molecule has 1 unspecified atom stereocenters. The Morgan fingerprint density at radius 3 is 2.65 bits per heavy atom. The predicted molar refractivity (Wildman–Crippen MR) is 53.8 cm³/mol. The van der Waals surface area contributed by atoms with E-state index in [0.29, 0.717) is 6.54 Å². The molecule has 0 saturated carbocycles. The number of carbonyl (C=O) groups excluding carboxylic acids is 1. The minimum absolute atomic E-state index is 0.642. The van der Waals surface area contributed by atoms with Crippen molar-refractivity contribution in [2.45, 2.75) is 20.1 Å². The third-order valence-corrected chi connectivity index (χ3v) is 1.42. The Bertz CT molecular complexity index is 282. The minimum Gasteiger partial charge on any atom is -0.479 e. The van der Waals surface area contributed by atoms with Crippen LogP contribution in [0.2, 0.25) is 0 Å². The minimum atomic E-state index is -1.28. The van der Waals surface area contributed by atoms with Crippen LogP contribution in [-0.4, -0.2) is 48.7 Å². The van der Waals surface area contributed by atoms with Gasteiger partial charge in [0.2, 0.25) is 0 Å². The lowest BCUT2D eigenvalue weighted by Crippen LogP contribution is -2.20. The van der Waals surface area contributed by atoms with Crippen molar-refractivity contribution >= 4 is 12.1 Å². The summed E-state index contributed by atoms with van der Waals surface area (Å²) >= 11 is 0. The zero-order chi connectivity index (χ0) is 13.3. The van der Waals surface area contributed by atoms with E-state index in [1.54, 1.807) is 7.05 Å². The number of ether oxygens (including phenoxy) is 2. The lowest BCUT2D eigenvalue weighted by Gasteiger charge is -2.10. The average Bonchev–Trinajstić information content (AvgIpc) is 2.26. The molecule has 0 heterocycles. The van der Waals surface area contributed by atoms with Crippen molar-refractivity contribution in [1.82, 2.24) is 5.01 Å². The van der Waals surface area contributed by atoms with E-state index in [0.717, 1.165) is 0 Å². The van der Waals surface area contributed by atoms with Gasteiger partial charge in [0.25, 0.3) is 6.29 Å². The molecule has 0 spiro atoms. The number of hydrogen-bond acceptors (Lipinski definition) is 7. The number of carboxylic acids is 1. The molecular formula is C8H15N3O6. The predicted octanol–water partition coefficient (Wildman–Crippen LogP) is 0.821. The van der Waals surface area contributed by atoms with Crippen LogP contribution in [-0.2, 0) is 19.1 Å². The Hall–Kier alpha value is -2.06. The SMILES string of the molecule is CCN(C)N=NOC(C)OC(=O)OCC(=O)O. The maximum atomic E-state index is 10.8. The molecule has 0 rings (SSSR count). The van der Waals surface area contributed by atoms with E-state index in [1.165, 1.54) is 11.9 Å². The lowest BCUT2D eigenvalue weighted by atomic mass is 10.7. The Balaban J connectivity index is 3.77. The average molecular weight is 249 g/mol. The molecule has 0 bridgehead atoms. The van der Waals surface area contributed by atoms with Crippen LogP contribution in [0.3, 0.4) is 0 Å². The van der Waals surface area contributed by atoms with Crippen molar-refractivity contribution in [2.75, 3.05) is 20.2 Å². The highest BCUT2D eigenvalue weighted by Crippen LogP contribution is 1.98. The van der Waals surface area contributed by atoms with Crippen LogP contribution in [0.4, 0.5) is 4.79 Å². The van der Waals surface area contributed by atoms with Crippen molar-refractivity contribution < 1.29 is 29.0 Å². The van der Waals surface area contributed by atoms with Crippen LogP contribution < -0.4 is 0 Å². The largest absolute Gasteiger partial charge is 0.512 e. The Morgan fingerprint density at radius 2 is 2.12 bits per heavy atom. The van der Waals surface area contributed by atoms with E-state index in [1.807, 2.05) is 6.92 Å². The summed E-state index contributed by atoms with van der Waals surface area (Å²) in [6, 6.07) is 0. The third kappa shape index (κ3) is 8.90. The molecule has 98 valence electrons. The normalized spacial score (nSPS) is 11.9. The number of hydrogen-bond donors (Lipinski definition) is 1. The molecule has 1 atom stereocenters. The number of nitrogens with zero attached hydrogens (tertiary/aromatic N) is 3. The lowest BCUT2D eigenvalue weighted by molar-refractivity contribution is -0.146. The van der Waals surface area contributed by atoms with Gasteiger partial charge in [-0.1, -0.05) is 0 Å². The van der Waals surface area contributed by atoms with Crippen LogP contribution in [0, 0.1) is 0 Å². The summed E-state index contributed by atoms with van der Waals surface area (Å²) in [5.74, 6) is -1.28. The molecule has 9 heteroatoms. The monoisotopic (exact) mass is 249 g/mol. The first-order chi connectivity index (χ1) is 7.95. The molecule has 0 fully saturated rings. The van der Waals surface area contributed by atoms with Gasteiger partial charge in [0.05, 0.1) is 0 Å². The molecule has 0 aliphatic rings. The molecule has 0 aromatic rings. The van der Waals surface area contributed by atoms with Crippen LogP contribution in [0.5, 0.6) is 0 Å². The van der Waals surface area contributed by atoms with Crippen LogP contribution in [0.25, 0.3) is 0 Å². The van der Waals surface area contributed by atoms with Gasteiger partial charge in [-0.05, 0) is 12.1 Å². The summed E-state index contributed by atoms with van der Waals surface area (Å²) in [4.78, 5) is 25.5. The van der Waals surface area contributed by atoms with E-state index in [2.05, 4.69) is 24.8 Å². The number of rotatable bonds is 7. The van der Waals surface area contributed by atoms with Crippen LogP contribution >= 0.6 is 0 Å². The summed E-state index contributed by atoms with van der Waals surface area (Å²) in [6.45, 7) is 3.11. The molecule has 0 aliphatic carbocycles. The zero-order valence-corrected chi connectivity index (χ0v) is 9.82. The summed E-state index contributed by atoms with van der Waals surface area (Å²) < 4.78 is 8.70. The summed E-state index contributed by atoms with van der Waals surface area (Å²) in [6.07, 6.45) is -2.18. The molecule has 0 aliphatic heterocycles. The molecule has 9 nitrogen and oxygen atoms in total. The van der Waals surface area contributed by atoms with E-state index in [9.17, 15) is 9.59 Å². The third-order valence-electron chi connectivity index (χ3n) is 1.42. The first-order valence-corrected chi connectivity index (χ1v) is 4.78. The first kappa shape index (κ1) is 14.9. The quantitative estimate of drug-likeness (QED) is 0.308. The van der Waals surface area contributed by atoms with Crippen molar-refractivity contribution in [1.29, 1.82) is 0 Å². The highest BCUT2D eigenvalue weighted by Gasteiger charge is 2.12. The fourth-order valence-corrected chi connectivity index (χ4v) is 0.525. The summed E-state index contributed by atoms with van der Waals surface area (Å²) in [5, 5.41) is 16.6. The molecule has 0 aromatic carbocycles. The second kappa shape index (κ2) is 8.13. The van der Waals surface area contributed by atoms with Gasteiger partial charge in [-0.3, -0.25) is 5.01 Å². The number of carbonyl (C=O) groups is 2. The fraction of sp³-hybridized carbons (Fsp3) is 0.750. The molecule has 1 N–H and O–H groups in total. The highest BCUT2D eigenvalue weighted by molar-refractivity contribution is 5.71. The number of aliphatic carboxylic acids is 1. The molecular weight excluding hydrogens is 234 g/mol. The van der Waals surface area contributed by atoms with Gasteiger partial charge in [-0.15, -0.1) is 0 Å². The van der Waals surface area contributed by atoms with Crippen molar-refractivity contribution in [2.24, 2.45) is 10.5 Å². The summed E-state index contributed by atoms with van der Waals surface area (Å²) in [7, 11) is 1.68. The topological polar surface area (TPSA) is 110 Å². The zero-order valence-electron chi connectivity index (χ0n) is 9.82. The standard InChI is InChI=1S/C8H15N3O6/c1-4-11(3)9-10-17-6(2)16-8(14)15-5-7(12)13/h6H,4-5H2,1-3H3,(H,12,13). The molecule has 0 saturated heterocycles. The van der Waals surface area contributed by atoms with Crippen molar-refractivity contribution in [3.63, 3.8) is 0 Å². The van der Waals surface area contributed by atoms with Crippen molar-refractivity contribution in [3.05, 3.63) is 0 Å². The van der Waals surface area contributed by atoms with Gasteiger partial charge >= 0.3 is 12.1 Å². The van der Waals surface area contributed by atoms with E-state index >= 15 is 0 Å². The van der Waals surface area contributed by atoms with Gasteiger partial charge in [-0.2, -0.15) is 0 Å². The van der Waals surface area contributed by atoms with E-state index in [4.69, 9.17) is 5.11 Å². The van der Waals surface area contributed by atoms with Gasteiger partial charge in [0, 0.05) is 25.8 Å².